The van der Waals surface area contributed by atoms with Crippen LogP contribution >= 0.6 is 0 Å². The highest BCUT2D eigenvalue weighted by Crippen LogP contribution is 2.39. The lowest BCUT2D eigenvalue weighted by molar-refractivity contribution is -0.0319. The normalized spacial score (nSPS) is 24.6. The zero-order chi connectivity index (χ0) is 15.5. The molecule has 1 fully saturated rings. The summed E-state index contributed by atoms with van der Waals surface area (Å²) < 4.78 is 10.9. The van der Waals surface area contributed by atoms with Gasteiger partial charge in [0.25, 0.3) is 0 Å². The third kappa shape index (κ3) is 4.31. The van der Waals surface area contributed by atoms with E-state index >= 15 is 0 Å². The van der Waals surface area contributed by atoms with Gasteiger partial charge in [0.1, 0.15) is 0 Å². The maximum atomic E-state index is 11.8. The lowest BCUT2D eigenvalue weighted by Gasteiger charge is -2.38. The van der Waals surface area contributed by atoms with Crippen molar-refractivity contribution in [2.45, 2.75) is 52.7 Å². The Morgan fingerprint density at radius 1 is 1.29 bits per heavy atom. The summed E-state index contributed by atoms with van der Waals surface area (Å²) in [6, 6.07) is 7.50. The predicted octanol–water partition coefficient (Wildman–Crippen LogP) is 4.20. The first-order chi connectivity index (χ1) is 9.91. The number of methoxy groups -OCH3 is 1. The van der Waals surface area contributed by atoms with Crippen molar-refractivity contribution in [3.63, 3.8) is 0 Å². The Balaban J connectivity index is 2.02. The van der Waals surface area contributed by atoms with Gasteiger partial charge in [0.15, 0.2) is 0 Å². The monoisotopic (exact) mass is 290 g/mol. The Labute approximate surface area is 127 Å². The molecule has 0 N–H and O–H groups in total. The van der Waals surface area contributed by atoms with Gasteiger partial charge < -0.3 is 9.47 Å². The fourth-order valence-electron chi connectivity index (χ4n) is 3.55. The first kappa shape index (κ1) is 16.0. The van der Waals surface area contributed by atoms with E-state index < -0.39 is 0 Å². The SMILES string of the molecule is COC(=O)c1ccccc1COC1CC(C)CC(C)(C)C1. The van der Waals surface area contributed by atoms with Crippen LogP contribution in [0.15, 0.2) is 24.3 Å². The van der Waals surface area contributed by atoms with E-state index in [0.29, 0.717) is 23.5 Å². The van der Waals surface area contributed by atoms with E-state index in [1.807, 2.05) is 18.2 Å². The van der Waals surface area contributed by atoms with Gasteiger partial charge in [0.05, 0.1) is 25.4 Å². The maximum absolute atomic E-state index is 11.8. The Hall–Kier alpha value is -1.35. The highest BCUT2D eigenvalue weighted by molar-refractivity contribution is 5.90. The van der Waals surface area contributed by atoms with E-state index in [1.54, 1.807) is 6.07 Å². The standard InChI is InChI=1S/C18H26O3/c1-13-9-15(11-18(2,3)10-13)21-12-14-7-5-6-8-16(14)17(19)20-4/h5-8,13,15H,9-12H2,1-4H3. The fourth-order valence-corrected chi connectivity index (χ4v) is 3.55. The summed E-state index contributed by atoms with van der Waals surface area (Å²) in [4.78, 5) is 11.8. The lowest BCUT2D eigenvalue weighted by atomic mass is 9.71. The minimum atomic E-state index is -0.299. The van der Waals surface area contributed by atoms with Crippen molar-refractivity contribution in [1.82, 2.24) is 0 Å². The summed E-state index contributed by atoms with van der Waals surface area (Å²) in [7, 11) is 1.41. The molecule has 2 unspecified atom stereocenters. The molecule has 0 bridgehead atoms. The van der Waals surface area contributed by atoms with E-state index in [1.165, 1.54) is 13.5 Å². The Morgan fingerprint density at radius 3 is 2.67 bits per heavy atom. The number of carbonyl (C=O) groups is 1. The molecule has 0 spiro atoms. The molecular weight excluding hydrogens is 264 g/mol. The van der Waals surface area contributed by atoms with E-state index in [0.717, 1.165) is 18.4 Å². The molecule has 2 rings (SSSR count). The molecule has 3 nitrogen and oxygen atoms in total. The number of ether oxygens (including phenoxy) is 2. The second-order valence-corrected chi connectivity index (χ2v) is 7.00. The van der Waals surface area contributed by atoms with Gasteiger partial charge in [-0.1, -0.05) is 39.0 Å². The second kappa shape index (κ2) is 6.61. The number of hydrogen-bond donors (Lipinski definition) is 0. The van der Waals surface area contributed by atoms with Gasteiger partial charge in [-0.2, -0.15) is 0 Å². The van der Waals surface area contributed by atoms with Crippen LogP contribution in [0.25, 0.3) is 0 Å². The van der Waals surface area contributed by atoms with Crippen LogP contribution in [0.3, 0.4) is 0 Å². The van der Waals surface area contributed by atoms with Gasteiger partial charge in [0, 0.05) is 0 Å². The highest BCUT2D eigenvalue weighted by atomic mass is 16.5. The third-order valence-electron chi connectivity index (χ3n) is 4.24. The zero-order valence-electron chi connectivity index (χ0n) is 13.5. The van der Waals surface area contributed by atoms with Gasteiger partial charge >= 0.3 is 5.97 Å². The molecule has 3 heteroatoms. The Morgan fingerprint density at radius 2 is 2.00 bits per heavy atom. The van der Waals surface area contributed by atoms with Crippen LogP contribution in [0.2, 0.25) is 0 Å². The maximum Gasteiger partial charge on any atom is 0.338 e. The van der Waals surface area contributed by atoms with E-state index in [-0.39, 0.29) is 12.1 Å². The average Bonchev–Trinajstić information content (AvgIpc) is 2.42. The number of esters is 1. The smallest absolute Gasteiger partial charge is 0.338 e. The molecule has 1 aromatic carbocycles. The van der Waals surface area contributed by atoms with Crippen molar-refractivity contribution in [3.8, 4) is 0 Å². The first-order valence-corrected chi connectivity index (χ1v) is 7.69. The van der Waals surface area contributed by atoms with Crippen LogP contribution in [0, 0.1) is 11.3 Å². The molecule has 0 heterocycles. The summed E-state index contributed by atoms with van der Waals surface area (Å²) in [5, 5.41) is 0. The van der Waals surface area contributed by atoms with Crippen molar-refractivity contribution >= 4 is 5.97 Å². The average molecular weight is 290 g/mol. The van der Waals surface area contributed by atoms with Gasteiger partial charge in [-0.05, 0) is 42.2 Å². The molecule has 1 aliphatic carbocycles. The van der Waals surface area contributed by atoms with E-state index in [9.17, 15) is 4.79 Å². The van der Waals surface area contributed by atoms with E-state index in [4.69, 9.17) is 9.47 Å². The molecule has 0 saturated heterocycles. The highest BCUT2D eigenvalue weighted by Gasteiger charge is 2.32. The summed E-state index contributed by atoms with van der Waals surface area (Å²) in [6.45, 7) is 7.38. The Kier molecular flexibility index (Phi) is 5.04. The van der Waals surface area contributed by atoms with Crippen LogP contribution in [0.1, 0.15) is 56.0 Å². The van der Waals surface area contributed by atoms with Crippen molar-refractivity contribution in [1.29, 1.82) is 0 Å². The van der Waals surface area contributed by atoms with Crippen molar-refractivity contribution in [2.24, 2.45) is 11.3 Å². The van der Waals surface area contributed by atoms with Gasteiger partial charge in [-0.3, -0.25) is 0 Å². The summed E-state index contributed by atoms with van der Waals surface area (Å²) >= 11 is 0. The Bertz CT molecular complexity index is 493. The number of hydrogen-bond acceptors (Lipinski definition) is 3. The minimum absolute atomic E-state index is 0.273. The predicted molar refractivity (Wildman–Crippen MR) is 83.2 cm³/mol. The molecule has 0 aliphatic heterocycles. The third-order valence-corrected chi connectivity index (χ3v) is 4.24. The largest absolute Gasteiger partial charge is 0.465 e. The number of benzene rings is 1. The quantitative estimate of drug-likeness (QED) is 0.779. The molecule has 1 aliphatic rings. The molecule has 0 aromatic heterocycles. The summed E-state index contributed by atoms with van der Waals surface area (Å²) in [5.41, 5.74) is 1.84. The first-order valence-electron chi connectivity index (χ1n) is 7.69. The van der Waals surface area contributed by atoms with Crippen LogP contribution in [0.5, 0.6) is 0 Å². The molecule has 2 atom stereocenters. The summed E-state index contributed by atoms with van der Waals surface area (Å²) in [6.07, 6.45) is 3.71. The van der Waals surface area contributed by atoms with E-state index in [2.05, 4.69) is 20.8 Å². The van der Waals surface area contributed by atoms with Crippen molar-refractivity contribution < 1.29 is 14.3 Å². The molecule has 1 saturated carbocycles. The van der Waals surface area contributed by atoms with Crippen LogP contribution in [-0.2, 0) is 16.1 Å². The van der Waals surface area contributed by atoms with Crippen molar-refractivity contribution in [2.75, 3.05) is 7.11 Å². The molecular formula is C18H26O3. The molecule has 0 amide bonds. The van der Waals surface area contributed by atoms with Crippen molar-refractivity contribution in [3.05, 3.63) is 35.4 Å². The molecule has 116 valence electrons. The van der Waals surface area contributed by atoms with Gasteiger partial charge in [-0.25, -0.2) is 4.79 Å². The number of carbonyl (C=O) groups excluding carboxylic acids is 1. The zero-order valence-corrected chi connectivity index (χ0v) is 13.5. The van der Waals surface area contributed by atoms with Gasteiger partial charge in [0.2, 0.25) is 0 Å². The van der Waals surface area contributed by atoms with Crippen LogP contribution in [0.4, 0.5) is 0 Å². The van der Waals surface area contributed by atoms with Crippen LogP contribution < -0.4 is 0 Å². The minimum Gasteiger partial charge on any atom is -0.465 e. The van der Waals surface area contributed by atoms with Gasteiger partial charge in [-0.15, -0.1) is 0 Å². The topological polar surface area (TPSA) is 35.5 Å². The number of rotatable bonds is 4. The molecule has 21 heavy (non-hydrogen) atoms. The fraction of sp³-hybridized carbons (Fsp3) is 0.611. The van der Waals surface area contributed by atoms with Crippen LogP contribution in [-0.4, -0.2) is 19.2 Å². The lowest BCUT2D eigenvalue weighted by Crippen LogP contribution is -2.32. The molecule has 1 aromatic rings. The molecule has 0 radical (unpaired) electrons. The summed E-state index contributed by atoms with van der Waals surface area (Å²) in [5.74, 6) is 0.390. The second-order valence-electron chi connectivity index (χ2n) is 7.00.